The molecule has 178 valence electrons. The number of carbonyl (C=O) groups excluding carboxylic acids is 2. The van der Waals surface area contributed by atoms with Crippen LogP contribution in [-0.2, 0) is 19.6 Å². The molecule has 1 aliphatic rings. The minimum absolute atomic E-state index is 0.0507. The zero-order valence-electron chi connectivity index (χ0n) is 18.9. The zero-order chi connectivity index (χ0) is 24.3. The van der Waals surface area contributed by atoms with E-state index in [2.05, 4.69) is 10.3 Å². The molecule has 1 atom stereocenters. The number of likely N-dealkylation sites (tertiary alicyclic amines) is 1. The van der Waals surface area contributed by atoms with Crippen molar-refractivity contribution < 1.29 is 22.4 Å². The highest BCUT2D eigenvalue weighted by atomic mass is 32.2. The minimum atomic E-state index is -4.06. The van der Waals surface area contributed by atoms with Gasteiger partial charge in [0.05, 0.1) is 11.2 Å². The fourth-order valence-electron chi connectivity index (χ4n) is 4.08. The van der Waals surface area contributed by atoms with Crippen LogP contribution in [0.15, 0.2) is 70.2 Å². The average molecular weight is 483 g/mol. The van der Waals surface area contributed by atoms with Gasteiger partial charge in [0.15, 0.2) is 0 Å². The molecule has 3 aromatic rings. The van der Waals surface area contributed by atoms with E-state index in [1.807, 2.05) is 31.1 Å². The predicted octanol–water partition coefficient (Wildman–Crippen LogP) is 2.51. The van der Waals surface area contributed by atoms with E-state index in [1.165, 1.54) is 29.4 Å². The minimum Gasteiger partial charge on any atom is -0.465 e. The van der Waals surface area contributed by atoms with Crippen LogP contribution in [0.2, 0.25) is 0 Å². The van der Waals surface area contributed by atoms with Gasteiger partial charge in [0.25, 0.3) is 15.9 Å². The molecule has 2 amide bonds. The summed E-state index contributed by atoms with van der Waals surface area (Å²) in [5.41, 5.74) is 3.17. The lowest BCUT2D eigenvalue weighted by Crippen LogP contribution is -2.51. The van der Waals surface area contributed by atoms with E-state index >= 15 is 0 Å². The summed E-state index contributed by atoms with van der Waals surface area (Å²) in [6.07, 6.45) is 5.45. The number of anilines is 1. The number of hydrazine groups is 1. The number of rotatable bonds is 7. The molecule has 1 fully saturated rings. The van der Waals surface area contributed by atoms with Crippen molar-refractivity contribution in [2.24, 2.45) is 0 Å². The number of furan rings is 1. The van der Waals surface area contributed by atoms with E-state index in [0.717, 1.165) is 11.1 Å². The number of hydrogen-bond acceptors (Lipinski definition) is 6. The Balaban J connectivity index is 1.48. The first-order chi connectivity index (χ1) is 16.3. The van der Waals surface area contributed by atoms with Gasteiger partial charge in [-0.25, -0.2) is 8.42 Å². The van der Waals surface area contributed by atoms with Gasteiger partial charge in [0.1, 0.15) is 11.8 Å². The van der Waals surface area contributed by atoms with Crippen molar-refractivity contribution in [2.45, 2.75) is 23.8 Å². The lowest BCUT2D eigenvalue weighted by Gasteiger charge is -2.23. The Labute approximate surface area is 198 Å². The van der Waals surface area contributed by atoms with Crippen molar-refractivity contribution in [1.82, 2.24) is 15.2 Å². The highest BCUT2D eigenvalue weighted by Crippen LogP contribution is 2.30. The molecular weight excluding hydrogens is 456 g/mol. The topological polar surface area (TPSA) is 112 Å². The summed E-state index contributed by atoms with van der Waals surface area (Å²) < 4.78 is 31.3. The van der Waals surface area contributed by atoms with Gasteiger partial charge in [-0.2, -0.15) is 0 Å². The molecule has 10 heteroatoms. The van der Waals surface area contributed by atoms with E-state index in [4.69, 9.17) is 4.42 Å². The normalized spacial score (nSPS) is 16.3. The molecule has 1 saturated heterocycles. The first-order valence-electron chi connectivity index (χ1n) is 10.8. The SMILES string of the molecule is CN(C)c1cccc2c(S(=O)(=O)NNC(=O)C3CCCN3C(=O)C=Cc3ccco3)cccc12. The van der Waals surface area contributed by atoms with Crippen LogP contribution in [0.3, 0.4) is 0 Å². The van der Waals surface area contributed by atoms with Gasteiger partial charge in [-0.15, -0.1) is 4.83 Å². The van der Waals surface area contributed by atoms with Gasteiger partial charge in [-0.3, -0.25) is 15.0 Å². The maximum Gasteiger partial charge on any atom is 0.257 e. The van der Waals surface area contributed by atoms with Crippen molar-refractivity contribution in [3.8, 4) is 0 Å². The van der Waals surface area contributed by atoms with Crippen molar-refractivity contribution in [3.05, 3.63) is 66.6 Å². The Morgan fingerprint density at radius 3 is 2.59 bits per heavy atom. The standard InChI is InChI=1S/C24H26N4O5S/c1-27(2)20-10-3-9-19-18(20)8-4-12-22(19)34(31,32)26-25-24(30)21-11-5-15-28(21)23(29)14-13-17-7-6-16-33-17/h3-4,6-10,12-14,16,21,26H,5,11,15H2,1-2H3,(H,25,30). The summed E-state index contributed by atoms with van der Waals surface area (Å²) in [7, 11) is -0.298. The number of fused-ring (bicyclic) bond motifs is 1. The summed E-state index contributed by atoms with van der Waals surface area (Å²) in [6.45, 7) is 0.406. The molecule has 9 nitrogen and oxygen atoms in total. The first-order valence-corrected chi connectivity index (χ1v) is 12.3. The number of nitrogens with one attached hydrogen (secondary N) is 2. The van der Waals surface area contributed by atoms with Gasteiger partial charge in [0, 0.05) is 43.2 Å². The third-order valence-electron chi connectivity index (χ3n) is 5.71. The summed E-state index contributed by atoms with van der Waals surface area (Å²) >= 11 is 0. The van der Waals surface area contributed by atoms with Crippen molar-refractivity contribution in [3.63, 3.8) is 0 Å². The van der Waals surface area contributed by atoms with Crippen molar-refractivity contribution >= 4 is 44.4 Å². The molecule has 1 unspecified atom stereocenters. The molecule has 0 saturated carbocycles. The lowest BCUT2D eigenvalue weighted by molar-refractivity contribution is -0.135. The van der Waals surface area contributed by atoms with Crippen LogP contribution in [0.1, 0.15) is 18.6 Å². The summed E-state index contributed by atoms with van der Waals surface area (Å²) in [5.74, 6) is -0.411. The lowest BCUT2D eigenvalue weighted by atomic mass is 10.1. The highest BCUT2D eigenvalue weighted by molar-refractivity contribution is 7.89. The Morgan fingerprint density at radius 1 is 1.09 bits per heavy atom. The maximum absolute atomic E-state index is 13.1. The molecular formula is C24H26N4O5S. The van der Waals surface area contributed by atoms with Crippen molar-refractivity contribution in [1.29, 1.82) is 0 Å². The number of hydrogen-bond donors (Lipinski definition) is 2. The highest BCUT2D eigenvalue weighted by Gasteiger charge is 2.34. The number of amides is 2. The molecule has 34 heavy (non-hydrogen) atoms. The Kier molecular flexibility index (Phi) is 6.71. The quantitative estimate of drug-likeness (QED) is 0.395. The summed E-state index contributed by atoms with van der Waals surface area (Å²) in [6, 6.07) is 13.1. The van der Waals surface area contributed by atoms with Crippen LogP contribution < -0.4 is 15.2 Å². The van der Waals surface area contributed by atoms with Gasteiger partial charge in [0.2, 0.25) is 5.91 Å². The third-order valence-corrected chi connectivity index (χ3v) is 7.02. The monoisotopic (exact) mass is 482 g/mol. The molecule has 4 rings (SSSR count). The van der Waals surface area contributed by atoms with Gasteiger partial charge in [-0.05, 0) is 43.2 Å². The maximum atomic E-state index is 13.1. The molecule has 1 aromatic heterocycles. The average Bonchev–Trinajstić information content (AvgIpc) is 3.52. The van der Waals surface area contributed by atoms with E-state index < -0.39 is 22.0 Å². The second kappa shape index (κ2) is 9.70. The smallest absolute Gasteiger partial charge is 0.257 e. The van der Waals surface area contributed by atoms with E-state index in [1.54, 1.807) is 30.3 Å². The van der Waals surface area contributed by atoms with Crippen LogP contribution in [-0.4, -0.2) is 51.8 Å². The van der Waals surface area contributed by atoms with Gasteiger partial charge in [-0.1, -0.05) is 24.3 Å². The second-order valence-corrected chi connectivity index (χ2v) is 9.81. The molecule has 2 N–H and O–H groups in total. The number of nitrogens with zero attached hydrogens (tertiary/aromatic N) is 2. The first kappa shape index (κ1) is 23.5. The number of benzene rings is 2. The van der Waals surface area contributed by atoms with Crippen LogP contribution in [0.4, 0.5) is 5.69 Å². The van der Waals surface area contributed by atoms with Gasteiger partial charge < -0.3 is 14.2 Å². The molecule has 0 aliphatic carbocycles. The van der Waals surface area contributed by atoms with Crippen LogP contribution in [0.25, 0.3) is 16.8 Å². The number of carbonyl (C=O) groups is 2. The van der Waals surface area contributed by atoms with Crippen LogP contribution in [0, 0.1) is 0 Å². The van der Waals surface area contributed by atoms with Crippen LogP contribution >= 0.6 is 0 Å². The fraction of sp³-hybridized carbons (Fsp3) is 0.250. The molecule has 1 aliphatic heterocycles. The van der Waals surface area contributed by atoms with Crippen LogP contribution in [0.5, 0.6) is 0 Å². The zero-order valence-corrected chi connectivity index (χ0v) is 19.7. The summed E-state index contributed by atoms with van der Waals surface area (Å²) in [4.78, 5) is 31.0. The Morgan fingerprint density at radius 2 is 1.85 bits per heavy atom. The third kappa shape index (κ3) is 4.82. The predicted molar refractivity (Wildman–Crippen MR) is 129 cm³/mol. The Hall–Kier alpha value is -3.63. The van der Waals surface area contributed by atoms with E-state index in [9.17, 15) is 18.0 Å². The second-order valence-electron chi connectivity index (χ2n) is 8.16. The largest absolute Gasteiger partial charge is 0.465 e. The van der Waals surface area contributed by atoms with Crippen molar-refractivity contribution in [2.75, 3.05) is 25.5 Å². The van der Waals surface area contributed by atoms with E-state index in [0.29, 0.717) is 30.5 Å². The molecule has 2 aromatic carbocycles. The van der Waals surface area contributed by atoms with Gasteiger partial charge >= 0.3 is 0 Å². The molecule has 0 bridgehead atoms. The number of sulfonamides is 1. The fourth-order valence-corrected chi connectivity index (χ4v) is 5.15. The molecule has 2 heterocycles. The van der Waals surface area contributed by atoms with E-state index in [-0.39, 0.29) is 10.8 Å². The Bertz CT molecular complexity index is 1330. The molecule has 0 spiro atoms. The molecule has 0 radical (unpaired) electrons. The summed E-state index contributed by atoms with van der Waals surface area (Å²) in [5, 5.41) is 1.31.